The third-order valence-corrected chi connectivity index (χ3v) is 3.86. The molecular weight excluding hydrogens is 372 g/mol. The Morgan fingerprint density at radius 1 is 1.12 bits per heavy atom. The Morgan fingerprint density at radius 3 is 2.46 bits per heavy atom. The Labute approximate surface area is 150 Å². The van der Waals surface area contributed by atoms with Crippen LogP contribution >= 0.6 is 15.9 Å². The van der Waals surface area contributed by atoms with Gasteiger partial charge >= 0.3 is 0 Å². The predicted molar refractivity (Wildman–Crippen MR) is 100 cm³/mol. The van der Waals surface area contributed by atoms with Gasteiger partial charge in [0.2, 0.25) is 0 Å². The zero-order valence-corrected chi connectivity index (χ0v) is 15.6. The highest BCUT2D eigenvalue weighted by Gasteiger charge is 2.14. The fourth-order valence-corrected chi connectivity index (χ4v) is 2.82. The molecule has 1 amide bonds. The number of nitrogen functional groups attached to an aromatic ring is 1. The summed E-state index contributed by atoms with van der Waals surface area (Å²) < 4.78 is 11.9. The predicted octanol–water partition coefficient (Wildman–Crippen LogP) is 4.39. The summed E-state index contributed by atoms with van der Waals surface area (Å²) in [5.41, 5.74) is 8.51. The molecule has 0 heterocycles. The van der Waals surface area contributed by atoms with Gasteiger partial charge in [-0.05, 0) is 56.7 Å². The van der Waals surface area contributed by atoms with Crippen LogP contribution in [0.5, 0.6) is 11.5 Å². The quantitative estimate of drug-likeness (QED) is 0.714. The topological polar surface area (TPSA) is 73.6 Å². The van der Waals surface area contributed by atoms with Crippen molar-refractivity contribution >= 4 is 33.2 Å². The van der Waals surface area contributed by atoms with Gasteiger partial charge in [-0.15, -0.1) is 0 Å². The van der Waals surface area contributed by atoms with Gasteiger partial charge in [0.15, 0.2) is 11.5 Å². The molecule has 0 unspecified atom stereocenters. The zero-order valence-electron chi connectivity index (χ0n) is 14.0. The van der Waals surface area contributed by atoms with Gasteiger partial charge in [0.25, 0.3) is 5.91 Å². The van der Waals surface area contributed by atoms with Crippen molar-refractivity contribution in [1.82, 2.24) is 0 Å². The van der Waals surface area contributed by atoms with Crippen molar-refractivity contribution in [2.75, 3.05) is 24.3 Å². The number of halogens is 1. The minimum atomic E-state index is -0.261. The number of nitrogens with two attached hydrogens (primary N) is 1. The lowest BCUT2D eigenvalue weighted by atomic mass is 10.1. The van der Waals surface area contributed by atoms with Crippen LogP contribution in [-0.2, 0) is 0 Å². The van der Waals surface area contributed by atoms with Crippen molar-refractivity contribution in [3.8, 4) is 11.5 Å². The average molecular weight is 393 g/mol. The highest BCUT2D eigenvalue weighted by atomic mass is 79.9. The average Bonchev–Trinajstić information content (AvgIpc) is 2.54. The molecule has 0 aromatic heterocycles. The minimum absolute atomic E-state index is 0.261. The van der Waals surface area contributed by atoms with Gasteiger partial charge in [0.1, 0.15) is 0 Å². The molecule has 0 atom stereocenters. The van der Waals surface area contributed by atoms with Gasteiger partial charge in [0, 0.05) is 10.0 Å². The Hall–Kier alpha value is -2.21. The van der Waals surface area contributed by atoms with Gasteiger partial charge < -0.3 is 20.5 Å². The van der Waals surface area contributed by atoms with E-state index in [1.54, 1.807) is 24.3 Å². The summed E-state index contributed by atoms with van der Waals surface area (Å²) >= 11 is 3.41. The number of carbonyl (C=O) groups excluding carboxylic acids is 1. The molecule has 3 N–H and O–H groups in total. The van der Waals surface area contributed by atoms with Crippen LogP contribution in [0.4, 0.5) is 11.4 Å². The first-order valence-corrected chi connectivity index (χ1v) is 8.52. The number of ether oxygens (including phenoxy) is 2. The van der Waals surface area contributed by atoms with E-state index in [0.717, 1.165) is 10.0 Å². The number of amides is 1. The van der Waals surface area contributed by atoms with Crippen molar-refractivity contribution in [1.29, 1.82) is 0 Å². The normalized spacial score (nSPS) is 10.3. The van der Waals surface area contributed by atoms with Gasteiger partial charge in [0.05, 0.1) is 24.6 Å². The maximum atomic E-state index is 12.5. The number of hydrogen-bond donors (Lipinski definition) is 2. The molecular formula is C18H21BrN2O3. The molecule has 0 aliphatic carbocycles. The third-order valence-electron chi connectivity index (χ3n) is 3.41. The van der Waals surface area contributed by atoms with Gasteiger partial charge in [-0.1, -0.05) is 15.9 Å². The second-order valence-corrected chi connectivity index (χ2v) is 6.08. The summed E-state index contributed by atoms with van der Waals surface area (Å²) in [5.74, 6) is 0.905. The van der Waals surface area contributed by atoms with E-state index < -0.39 is 0 Å². The third kappa shape index (κ3) is 4.20. The van der Waals surface area contributed by atoms with Crippen LogP contribution in [0, 0.1) is 6.92 Å². The summed E-state index contributed by atoms with van der Waals surface area (Å²) in [5, 5.41) is 2.84. The van der Waals surface area contributed by atoms with Crippen LogP contribution in [0.2, 0.25) is 0 Å². The molecule has 0 saturated heterocycles. The minimum Gasteiger partial charge on any atom is -0.490 e. The first kappa shape index (κ1) is 18.1. The van der Waals surface area contributed by atoms with E-state index in [-0.39, 0.29) is 5.91 Å². The maximum absolute atomic E-state index is 12.5. The molecule has 2 aromatic carbocycles. The highest BCUT2D eigenvalue weighted by molar-refractivity contribution is 9.10. The van der Waals surface area contributed by atoms with E-state index in [4.69, 9.17) is 15.2 Å². The second kappa shape index (κ2) is 8.06. The van der Waals surface area contributed by atoms with Crippen molar-refractivity contribution in [2.24, 2.45) is 0 Å². The van der Waals surface area contributed by atoms with E-state index in [1.807, 2.05) is 26.8 Å². The highest BCUT2D eigenvalue weighted by Crippen LogP contribution is 2.30. The Morgan fingerprint density at radius 2 is 1.79 bits per heavy atom. The summed E-state index contributed by atoms with van der Waals surface area (Å²) in [7, 11) is 0. The molecule has 24 heavy (non-hydrogen) atoms. The van der Waals surface area contributed by atoms with Crippen molar-refractivity contribution in [3.05, 3.63) is 45.9 Å². The van der Waals surface area contributed by atoms with Crippen LogP contribution in [0.1, 0.15) is 29.8 Å². The van der Waals surface area contributed by atoms with Crippen molar-refractivity contribution in [2.45, 2.75) is 20.8 Å². The van der Waals surface area contributed by atoms with E-state index in [9.17, 15) is 4.79 Å². The standard InChI is InChI=1S/C18H21BrN2O3/c1-4-23-15-7-6-12(9-16(15)24-5-2)18(22)21-14-10-13(19)8-11(3)17(14)20/h6-10H,4-5,20H2,1-3H3,(H,21,22). The number of benzene rings is 2. The first-order chi connectivity index (χ1) is 11.5. The summed E-state index contributed by atoms with van der Waals surface area (Å²) in [6.45, 7) is 6.68. The van der Waals surface area contributed by atoms with Crippen LogP contribution in [-0.4, -0.2) is 19.1 Å². The summed E-state index contributed by atoms with van der Waals surface area (Å²) in [6, 6.07) is 8.78. The van der Waals surface area contributed by atoms with Crippen LogP contribution in [0.3, 0.4) is 0 Å². The Balaban J connectivity index is 2.28. The molecule has 6 heteroatoms. The lowest BCUT2D eigenvalue weighted by Crippen LogP contribution is -2.14. The van der Waals surface area contributed by atoms with Gasteiger partial charge in [-0.2, -0.15) is 0 Å². The van der Waals surface area contributed by atoms with Crippen molar-refractivity contribution in [3.63, 3.8) is 0 Å². The van der Waals surface area contributed by atoms with Crippen LogP contribution < -0.4 is 20.5 Å². The van der Waals surface area contributed by atoms with Crippen LogP contribution in [0.15, 0.2) is 34.8 Å². The smallest absolute Gasteiger partial charge is 0.255 e. The molecule has 0 spiro atoms. The van der Waals surface area contributed by atoms with Crippen molar-refractivity contribution < 1.29 is 14.3 Å². The summed E-state index contributed by atoms with van der Waals surface area (Å²) in [4.78, 5) is 12.5. The zero-order chi connectivity index (χ0) is 17.7. The Bertz CT molecular complexity index is 747. The number of aryl methyl sites for hydroxylation is 1. The number of carbonyl (C=O) groups is 1. The first-order valence-electron chi connectivity index (χ1n) is 7.72. The number of nitrogens with one attached hydrogen (secondary N) is 1. The van der Waals surface area contributed by atoms with E-state index in [2.05, 4.69) is 21.2 Å². The van der Waals surface area contributed by atoms with E-state index in [0.29, 0.717) is 41.7 Å². The molecule has 0 radical (unpaired) electrons. The number of rotatable bonds is 6. The number of anilines is 2. The molecule has 2 rings (SSSR count). The molecule has 0 saturated carbocycles. The largest absolute Gasteiger partial charge is 0.490 e. The molecule has 128 valence electrons. The second-order valence-electron chi connectivity index (χ2n) is 5.17. The molecule has 5 nitrogen and oxygen atoms in total. The number of hydrogen-bond acceptors (Lipinski definition) is 4. The van der Waals surface area contributed by atoms with E-state index >= 15 is 0 Å². The van der Waals surface area contributed by atoms with Gasteiger partial charge in [-0.3, -0.25) is 4.79 Å². The molecule has 0 aliphatic rings. The fourth-order valence-electron chi connectivity index (χ4n) is 2.24. The molecule has 2 aromatic rings. The monoisotopic (exact) mass is 392 g/mol. The van der Waals surface area contributed by atoms with Crippen LogP contribution in [0.25, 0.3) is 0 Å². The lowest BCUT2D eigenvalue weighted by molar-refractivity contribution is 0.102. The fraction of sp³-hybridized carbons (Fsp3) is 0.278. The lowest BCUT2D eigenvalue weighted by Gasteiger charge is -2.14. The van der Waals surface area contributed by atoms with E-state index in [1.165, 1.54) is 0 Å². The molecule has 0 fully saturated rings. The van der Waals surface area contributed by atoms with Gasteiger partial charge in [-0.25, -0.2) is 0 Å². The molecule has 0 bridgehead atoms. The molecule has 0 aliphatic heterocycles. The SMILES string of the molecule is CCOc1ccc(C(=O)Nc2cc(Br)cc(C)c2N)cc1OCC. The Kier molecular flexibility index (Phi) is 6.09. The summed E-state index contributed by atoms with van der Waals surface area (Å²) in [6.07, 6.45) is 0. The maximum Gasteiger partial charge on any atom is 0.255 e.